The molecule has 3 atom stereocenters. The SMILES string of the molecule is CC1CCC(C(=O)NC2CCN(Cc3ccc(N4CCNCC4)nc3)CC2)CC1c1cccnc1. The quantitative estimate of drug-likeness (QED) is 0.667. The number of carbonyl (C=O) groups is 1. The minimum atomic E-state index is 0.120. The van der Waals surface area contributed by atoms with Crippen LogP contribution in [0.15, 0.2) is 42.9 Å². The standard InChI is InChI=1S/C28H40N6O/c1-21-4-6-23(17-26(21)24-3-2-10-30-19-24)28(35)32-25-8-13-33(14-9-25)20-22-5-7-27(31-18-22)34-15-11-29-12-16-34/h2-3,5,7,10,18-19,21,23,25-26,29H,4,6,8-9,11-17,20H2,1H3,(H,32,35). The highest BCUT2D eigenvalue weighted by atomic mass is 16.1. The van der Waals surface area contributed by atoms with Crippen molar-refractivity contribution in [3.8, 4) is 0 Å². The maximum atomic E-state index is 13.1. The van der Waals surface area contributed by atoms with Crippen molar-refractivity contribution in [2.24, 2.45) is 11.8 Å². The lowest BCUT2D eigenvalue weighted by molar-refractivity contribution is -0.127. The molecular formula is C28H40N6O. The zero-order valence-electron chi connectivity index (χ0n) is 21.0. The number of piperidine rings is 1. The lowest BCUT2D eigenvalue weighted by atomic mass is 9.72. The van der Waals surface area contributed by atoms with Gasteiger partial charge in [0, 0.05) is 76.4 Å². The van der Waals surface area contributed by atoms with Crippen LogP contribution in [-0.4, -0.2) is 66.1 Å². The van der Waals surface area contributed by atoms with Gasteiger partial charge in [-0.3, -0.25) is 14.7 Å². The van der Waals surface area contributed by atoms with E-state index < -0.39 is 0 Å². The number of hydrogen-bond donors (Lipinski definition) is 2. The van der Waals surface area contributed by atoms with Gasteiger partial charge in [-0.05, 0) is 67.2 Å². The molecule has 1 aliphatic carbocycles. The molecule has 0 aromatic carbocycles. The molecule has 3 fully saturated rings. The summed E-state index contributed by atoms with van der Waals surface area (Å²) >= 11 is 0. The third-order valence-electron chi connectivity index (χ3n) is 8.27. The van der Waals surface area contributed by atoms with Crippen LogP contribution in [0.4, 0.5) is 5.82 Å². The van der Waals surface area contributed by atoms with Crippen molar-refractivity contribution in [3.05, 3.63) is 54.0 Å². The summed E-state index contributed by atoms with van der Waals surface area (Å²) in [7, 11) is 0. The Kier molecular flexibility index (Phi) is 7.94. The van der Waals surface area contributed by atoms with Gasteiger partial charge >= 0.3 is 0 Å². The molecule has 3 aliphatic rings. The van der Waals surface area contributed by atoms with E-state index in [9.17, 15) is 4.79 Å². The number of pyridine rings is 2. The normalized spacial score (nSPS) is 26.4. The number of aromatic nitrogens is 2. The molecule has 35 heavy (non-hydrogen) atoms. The van der Waals surface area contributed by atoms with Crippen molar-refractivity contribution in [1.29, 1.82) is 0 Å². The van der Waals surface area contributed by atoms with Gasteiger partial charge in [-0.2, -0.15) is 0 Å². The van der Waals surface area contributed by atoms with Gasteiger partial charge in [0.05, 0.1) is 0 Å². The third-order valence-corrected chi connectivity index (χ3v) is 8.27. The van der Waals surface area contributed by atoms with Crippen molar-refractivity contribution >= 4 is 11.7 Å². The Morgan fingerprint density at radius 2 is 1.89 bits per heavy atom. The van der Waals surface area contributed by atoms with E-state index in [-0.39, 0.29) is 11.8 Å². The summed E-state index contributed by atoms with van der Waals surface area (Å²) in [5.74, 6) is 2.50. The predicted molar refractivity (Wildman–Crippen MR) is 139 cm³/mol. The second kappa shape index (κ2) is 11.5. The van der Waals surface area contributed by atoms with E-state index in [4.69, 9.17) is 4.98 Å². The molecule has 0 bridgehead atoms. The molecule has 4 heterocycles. The lowest BCUT2D eigenvalue weighted by Gasteiger charge is -2.36. The number of nitrogens with zero attached hydrogens (tertiary/aromatic N) is 4. The van der Waals surface area contributed by atoms with Crippen LogP contribution in [0.3, 0.4) is 0 Å². The number of rotatable bonds is 6. The summed E-state index contributed by atoms with van der Waals surface area (Å²) in [4.78, 5) is 27.0. The fourth-order valence-electron chi connectivity index (χ4n) is 6.02. The van der Waals surface area contributed by atoms with Gasteiger partial charge < -0.3 is 15.5 Å². The molecule has 7 nitrogen and oxygen atoms in total. The Morgan fingerprint density at radius 1 is 1.06 bits per heavy atom. The van der Waals surface area contributed by atoms with Crippen molar-refractivity contribution in [1.82, 2.24) is 25.5 Å². The molecule has 2 N–H and O–H groups in total. The van der Waals surface area contributed by atoms with Gasteiger partial charge in [-0.25, -0.2) is 4.98 Å². The monoisotopic (exact) mass is 476 g/mol. The van der Waals surface area contributed by atoms with Crippen molar-refractivity contribution in [2.45, 2.75) is 57.5 Å². The van der Waals surface area contributed by atoms with Crippen LogP contribution in [0, 0.1) is 11.8 Å². The first-order valence-electron chi connectivity index (χ1n) is 13.5. The Morgan fingerprint density at radius 3 is 2.60 bits per heavy atom. The second-order valence-electron chi connectivity index (χ2n) is 10.7. The maximum Gasteiger partial charge on any atom is 0.223 e. The van der Waals surface area contributed by atoms with E-state index in [1.165, 1.54) is 11.1 Å². The van der Waals surface area contributed by atoms with Crippen LogP contribution in [0.25, 0.3) is 0 Å². The Hall–Kier alpha value is -2.51. The second-order valence-corrected chi connectivity index (χ2v) is 10.7. The average Bonchev–Trinajstić information content (AvgIpc) is 2.91. The number of amides is 1. The van der Waals surface area contributed by atoms with E-state index in [1.807, 2.05) is 24.7 Å². The van der Waals surface area contributed by atoms with Gasteiger partial charge in [0.15, 0.2) is 0 Å². The van der Waals surface area contributed by atoms with Gasteiger partial charge in [0.25, 0.3) is 0 Å². The number of anilines is 1. The van der Waals surface area contributed by atoms with Crippen LogP contribution in [-0.2, 0) is 11.3 Å². The van der Waals surface area contributed by atoms with E-state index in [2.05, 4.69) is 50.5 Å². The van der Waals surface area contributed by atoms with E-state index in [0.717, 1.165) is 83.7 Å². The Balaban J connectivity index is 1.07. The molecule has 1 amide bonds. The summed E-state index contributed by atoms with van der Waals surface area (Å²) in [5, 5.41) is 6.79. The first-order valence-corrected chi connectivity index (χ1v) is 13.5. The smallest absolute Gasteiger partial charge is 0.223 e. The molecule has 7 heteroatoms. The topological polar surface area (TPSA) is 73.4 Å². The molecule has 1 saturated carbocycles. The molecule has 188 valence electrons. The van der Waals surface area contributed by atoms with Crippen LogP contribution in [0.1, 0.15) is 56.1 Å². The Bertz CT molecular complexity index is 938. The highest BCUT2D eigenvalue weighted by Gasteiger charge is 2.33. The Labute approximate surface area is 209 Å². The average molecular weight is 477 g/mol. The molecule has 2 saturated heterocycles. The summed E-state index contributed by atoms with van der Waals surface area (Å²) < 4.78 is 0. The highest BCUT2D eigenvalue weighted by Crippen LogP contribution is 2.40. The van der Waals surface area contributed by atoms with Crippen LogP contribution >= 0.6 is 0 Å². The zero-order valence-corrected chi connectivity index (χ0v) is 21.0. The maximum absolute atomic E-state index is 13.1. The van der Waals surface area contributed by atoms with Crippen LogP contribution < -0.4 is 15.5 Å². The fraction of sp³-hybridized carbons (Fsp3) is 0.607. The van der Waals surface area contributed by atoms with Gasteiger partial charge in [0.1, 0.15) is 5.82 Å². The summed E-state index contributed by atoms with van der Waals surface area (Å²) in [6, 6.07) is 8.86. The number of piperazine rings is 1. The molecule has 2 aromatic heterocycles. The molecule has 3 unspecified atom stereocenters. The van der Waals surface area contributed by atoms with E-state index in [0.29, 0.717) is 17.9 Å². The summed E-state index contributed by atoms with van der Waals surface area (Å²) in [6.07, 6.45) is 10.9. The summed E-state index contributed by atoms with van der Waals surface area (Å²) in [5.41, 5.74) is 2.55. The van der Waals surface area contributed by atoms with Crippen molar-refractivity contribution in [3.63, 3.8) is 0 Å². The largest absolute Gasteiger partial charge is 0.354 e. The van der Waals surface area contributed by atoms with Crippen molar-refractivity contribution in [2.75, 3.05) is 44.2 Å². The van der Waals surface area contributed by atoms with Crippen molar-refractivity contribution < 1.29 is 4.79 Å². The van der Waals surface area contributed by atoms with Crippen LogP contribution in [0.5, 0.6) is 0 Å². The van der Waals surface area contributed by atoms with Crippen LogP contribution in [0.2, 0.25) is 0 Å². The molecular weight excluding hydrogens is 436 g/mol. The lowest BCUT2D eigenvalue weighted by Crippen LogP contribution is -2.46. The van der Waals surface area contributed by atoms with Gasteiger partial charge in [-0.1, -0.05) is 19.1 Å². The number of hydrogen-bond acceptors (Lipinski definition) is 6. The minimum absolute atomic E-state index is 0.120. The van der Waals surface area contributed by atoms with Gasteiger partial charge in [-0.15, -0.1) is 0 Å². The number of carbonyl (C=O) groups excluding carboxylic acids is 1. The van der Waals surface area contributed by atoms with E-state index >= 15 is 0 Å². The highest BCUT2D eigenvalue weighted by molar-refractivity contribution is 5.79. The molecule has 0 radical (unpaired) electrons. The first-order chi connectivity index (χ1) is 17.2. The molecule has 2 aromatic rings. The zero-order chi connectivity index (χ0) is 24.0. The van der Waals surface area contributed by atoms with E-state index in [1.54, 1.807) is 0 Å². The predicted octanol–water partition coefficient (Wildman–Crippen LogP) is 3.19. The summed E-state index contributed by atoms with van der Waals surface area (Å²) in [6.45, 7) is 9.39. The first kappa shape index (κ1) is 24.2. The third kappa shape index (κ3) is 6.19. The molecule has 5 rings (SSSR count). The molecule has 2 aliphatic heterocycles. The fourth-order valence-corrected chi connectivity index (χ4v) is 6.02. The molecule has 0 spiro atoms. The number of likely N-dealkylation sites (tertiary alicyclic amines) is 1. The minimum Gasteiger partial charge on any atom is -0.354 e. The number of nitrogens with one attached hydrogen (secondary N) is 2. The van der Waals surface area contributed by atoms with Gasteiger partial charge in [0.2, 0.25) is 5.91 Å².